The summed E-state index contributed by atoms with van der Waals surface area (Å²) in [6.45, 7) is 10.9. The molecule has 1 aliphatic rings. The molecular formula is C21H29N5O. The fourth-order valence-corrected chi connectivity index (χ4v) is 3.16. The molecule has 6 heteroatoms. The Morgan fingerprint density at radius 3 is 2.26 bits per heavy atom. The zero-order valence-electron chi connectivity index (χ0n) is 16.5. The molecule has 0 bridgehead atoms. The van der Waals surface area contributed by atoms with Gasteiger partial charge in [-0.15, -0.1) is 0 Å². The maximum Gasteiger partial charge on any atom is 0.225 e. The van der Waals surface area contributed by atoms with E-state index in [1.807, 2.05) is 18.2 Å². The number of carbonyl (C=O) groups is 1. The van der Waals surface area contributed by atoms with Crippen LogP contribution in [0.4, 0.5) is 11.6 Å². The van der Waals surface area contributed by atoms with Gasteiger partial charge in [0.05, 0.1) is 0 Å². The molecular weight excluding hydrogens is 338 g/mol. The van der Waals surface area contributed by atoms with Crippen LogP contribution < -0.4 is 10.2 Å². The van der Waals surface area contributed by atoms with Crippen molar-refractivity contribution in [3.8, 4) is 0 Å². The van der Waals surface area contributed by atoms with Gasteiger partial charge in [0.25, 0.3) is 0 Å². The normalized spacial score (nSPS) is 15.6. The first-order valence-electron chi connectivity index (χ1n) is 9.56. The largest absolute Gasteiger partial charge is 0.338 e. The van der Waals surface area contributed by atoms with Gasteiger partial charge in [-0.2, -0.15) is 0 Å². The number of carbonyl (C=O) groups excluding carboxylic acids is 1. The smallest absolute Gasteiger partial charge is 0.225 e. The molecule has 1 saturated heterocycles. The molecule has 1 amide bonds. The summed E-state index contributed by atoms with van der Waals surface area (Å²) in [6, 6.07) is 9.96. The van der Waals surface area contributed by atoms with E-state index in [4.69, 9.17) is 0 Å². The maximum absolute atomic E-state index is 12.3. The van der Waals surface area contributed by atoms with Crippen molar-refractivity contribution in [3.05, 3.63) is 48.3 Å². The van der Waals surface area contributed by atoms with Crippen LogP contribution in [0.5, 0.6) is 0 Å². The summed E-state index contributed by atoms with van der Waals surface area (Å²) in [5, 5.41) is 3.00. The van der Waals surface area contributed by atoms with E-state index in [2.05, 4.69) is 58.0 Å². The summed E-state index contributed by atoms with van der Waals surface area (Å²) >= 11 is 0. The Morgan fingerprint density at radius 1 is 1.04 bits per heavy atom. The van der Waals surface area contributed by atoms with Crippen LogP contribution in [0.3, 0.4) is 0 Å². The maximum atomic E-state index is 12.3. The van der Waals surface area contributed by atoms with E-state index in [0.717, 1.165) is 44.4 Å². The Hall–Kier alpha value is -2.47. The number of anilines is 2. The monoisotopic (exact) mass is 367 g/mol. The minimum absolute atomic E-state index is 0.0623. The number of nitrogens with zero attached hydrogens (tertiary/aromatic N) is 4. The summed E-state index contributed by atoms with van der Waals surface area (Å²) in [4.78, 5) is 25.4. The van der Waals surface area contributed by atoms with E-state index in [1.165, 1.54) is 5.56 Å². The quantitative estimate of drug-likeness (QED) is 0.880. The molecule has 27 heavy (non-hydrogen) atoms. The molecule has 6 nitrogen and oxygen atoms in total. The Labute approximate surface area is 161 Å². The average Bonchev–Trinajstić information content (AvgIpc) is 2.67. The van der Waals surface area contributed by atoms with E-state index in [-0.39, 0.29) is 11.3 Å². The molecule has 0 saturated carbocycles. The molecule has 0 atom stereocenters. The fourth-order valence-electron chi connectivity index (χ4n) is 3.16. The van der Waals surface area contributed by atoms with Crippen LogP contribution in [-0.2, 0) is 10.2 Å². The van der Waals surface area contributed by atoms with Crippen molar-refractivity contribution in [1.29, 1.82) is 0 Å². The summed E-state index contributed by atoms with van der Waals surface area (Å²) in [6.07, 6.45) is 4.04. The van der Waals surface area contributed by atoms with E-state index < -0.39 is 0 Å². The van der Waals surface area contributed by atoms with E-state index in [0.29, 0.717) is 6.42 Å². The van der Waals surface area contributed by atoms with Crippen LogP contribution in [-0.4, -0.2) is 53.5 Å². The highest BCUT2D eigenvalue weighted by Crippen LogP contribution is 2.23. The lowest BCUT2D eigenvalue weighted by atomic mass is 9.87. The lowest BCUT2D eigenvalue weighted by Gasteiger charge is -2.34. The molecule has 1 fully saturated rings. The van der Waals surface area contributed by atoms with Crippen molar-refractivity contribution in [2.75, 3.05) is 42.9 Å². The summed E-state index contributed by atoms with van der Waals surface area (Å²) in [5.74, 6) is 0.848. The lowest BCUT2D eigenvalue weighted by Crippen LogP contribution is -2.47. The molecule has 1 aliphatic heterocycles. The molecule has 0 spiro atoms. The second kappa shape index (κ2) is 8.48. The zero-order chi connectivity index (χ0) is 19.3. The number of hydrogen-bond donors (Lipinski definition) is 1. The summed E-state index contributed by atoms with van der Waals surface area (Å²) in [7, 11) is 0. The third-order valence-electron chi connectivity index (χ3n) is 4.90. The van der Waals surface area contributed by atoms with Gasteiger partial charge < -0.3 is 10.2 Å². The minimum Gasteiger partial charge on any atom is -0.338 e. The Morgan fingerprint density at radius 2 is 1.67 bits per heavy atom. The second-order valence-corrected chi connectivity index (χ2v) is 8.00. The van der Waals surface area contributed by atoms with Gasteiger partial charge in [0, 0.05) is 57.2 Å². The zero-order valence-corrected chi connectivity index (χ0v) is 16.5. The molecule has 1 aromatic carbocycles. The number of hydrogen-bond acceptors (Lipinski definition) is 5. The highest BCUT2D eigenvalue weighted by molar-refractivity contribution is 5.90. The predicted octanol–water partition coefficient (Wildman–Crippen LogP) is 2.92. The standard InChI is InChI=1S/C21H29N5O/c1-21(2,3)17-5-7-18(8-6-17)24-19(27)9-12-25-13-15-26(16-14-25)20-22-10-4-11-23-20/h4-8,10-11H,9,12-16H2,1-3H3,(H,24,27). The molecule has 0 unspecified atom stereocenters. The van der Waals surface area contributed by atoms with E-state index in [9.17, 15) is 4.79 Å². The van der Waals surface area contributed by atoms with Crippen molar-refractivity contribution < 1.29 is 4.79 Å². The van der Waals surface area contributed by atoms with Crippen molar-refractivity contribution in [2.24, 2.45) is 0 Å². The SMILES string of the molecule is CC(C)(C)c1ccc(NC(=O)CCN2CCN(c3ncccn3)CC2)cc1. The van der Waals surface area contributed by atoms with Gasteiger partial charge in [0.2, 0.25) is 11.9 Å². The number of rotatable bonds is 5. The van der Waals surface area contributed by atoms with Crippen LogP contribution in [0.1, 0.15) is 32.8 Å². The molecule has 3 rings (SSSR count). The van der Waals surface area contributed by atoms with Gasteiger partial charge in [0.1, 0.15) is 0 Å². The number of nitrogens with one attached hydrogen (secondary N) is 1. The molecule has 144 valence electrons. The van der Waals surface area contributed by atoms with Crippen molar-refractivity contribution in [2.45, 2.75) is 32.6 Å². The number of piperazine rings is 1. The first kappa shape index (κ1) is 19.3. The Balaban J connectivity index is 1.41. The van der Waals surface area contributed by atoms with Crippen LogP contribution in [0.2, 0.25) is 0 Å². The number of aromatic nitrogens is 2. The average molecular weight is 367 g/mol. The van der Waals surface area contributed by atoms with Crippen LogP contribution in [0, 0.1) is 0 Å². The Bertz CT molecular complexity index is 731. The summed E-state index contributed by atoms with van der Waals surface area (Å²) in [5.41, 5.74) is 2.25. The van der Waals surface area contributed by atoms with Gasteiger partial charge in [-0.1, -0.05) is 32.9 Å². The highest BCUT2D eigenvalue weighted by atomic mass is 16.1. The number of benzene rings is 1. The third kappa shape index (κ3) is 5.50. The van der Waals surface area contributed by atoms with Crippen molar-refractivity contribution >= 4 is 17.5 Å². The van der Waals surface area contributed by atoms with Crippen molar-refractivity contribution in [1.82, 2.24) is 14.9 Å². The first-order valence-corrected chi connectivity index (χ1v) is 9.56. The first-order chi connectivity index (χ1) is 12.9. The highest BCUT2D eigenvalue weighted by Gasteiger charge is 2.19. The third-order valence-corrected chi connectivity index (χ3v) is 4.90. The van der Waals surface area contributed by atoms with Crippen LogP contribution >= 0.6 is 0 Å². The molecule has 2 heterocycles. The number of amides is 1. The van der Waals surface area contributed by atoms with Gasteiger partial charge in [-0.3, -0.25) is 9.69 Å². The fraction of sp³-hybridized carbons (Fsp3) is 0.476. The Kier molecular flexibility index (Phi) is 6.06. The second-order valence-electron chi connectivity index (χ2n) is 8.00. The van der Waals surface area contributed by atoms with Crippen LogP contribution in [0.25, 0.3) is 0 Å². The predicted molar refractivity (Wildman–Crippen MR) is 109 cm³/mol. The molecule has 1 N–H and O–H groups in total. The molecule has 2 aromatic rings. The molecule has 0 radical (unpaired) electrons. The van der Waals surface area contributed by atoms with Gasteiger partial charge in [-0.25, -0.2) is 9.97 Å². The minimum atomic E-state index is 0.0623. The van der Waals surface area contributed by atoms with E-state index in [1.54, 1.807) is 12.4 Å². The van der Waals surface area contributed by atoms with Crippen LogP contribution in [0.15, 0.2) is 42.7 Å². The molecule has 1 aromatic heterocycles. The van der Waals surface area contributed by atoms with Gasteiger partial charge in [0.15, 0.2) is 0 Å². The van der Waals surface area contributed by atoms with Gasteiger partial charge >= 0.3 is 0 Å². The molecule has 0 aliphatic carbocycles. The van der Waals surface area contributed by atoms with Gasteiger partial charge in [-0.05, 0) is 29.2 Å². The van der Waals surface area contributed by atoms with Crippen molar-refractivity contribution in [3.63, 3.8) is 0 Å². The lowest BCUT2D eigenvalue weighted by molar-refractivity contribution is -0.116. The van der Waals surface area contributed by atoms with E-state index >= 15 is 0 Å². The topological polar surface area (TPSA) is 61.4 Å². The summed E-state index contributed by atoms with van der Waals surface area (Å²) < 4.78 is 0.